The predicted octanol–water partition coefficient (Wildman–Crippen LogP) is 0.690. The van der Waals surface area contributed by atoms with Gasteiger partial charge >= 0.3 is 0 Å². The lowest BCUT2D eigenvalue weighted by atomic mass is 10.1. The fourth-order valence-corrected chi connectivity index (χ4v) is 1.65. The Morgan fingerprint density at radius 1 is 1.38 bits per heavy atom. The van der Waals surface area contributed by atoms with Crippen molar-refractivity contribution in [3.8, 4) is 0 Å². The average Bonchev–Trinajstić information content (AvgIpc) is 2.15. The first kappa shape index (κ1) is 4.77. The lowest BCUT2D eigenvalue weighted by molar-refractivity contribution is 0.0301. The Labute approximate surface area is 49.2 Å². The van der Waals surface area contributed by atoms with E-state index in [0.717, 1.165) is 12.5 Å². The van der Waals surface area contributed by atoms with Gasteiger partial charge in [-0.15, -0.1) is 0 Å². The maximum absolute atomic E-state index is 5.23. The number of fused-ring (bicyclic) bond motifs is 1. The molecule has 1 heterocycles. The number of hydrogen-bond acceptors (Lipinski definition) is 2. The van der Waals surface area contributed by atoms with Crippen LogP contribution in [-0.2, 0) is 4.84 Å². The summed E-state index contributed by atoms with van der Waals surface area (Å²) in [6.45, 7) is 1.09. The summed E-state index contributed by atoms with van der Waals surface area (Å²) < 4.78 is 0. The van der Waals surface area contributed by atoms with Crippen LogP contribution in [0.15, 0.2) is 0 Å². The van der Waals surface area contributed by atoms with E-state index in [1.54, 1.807) is 0 Å². The number of nitrogens with one attached hydrogen (secondary N) is 1. The Hall–Kier alpha value is -0.0800. The second kappa shape index (κ2) is 1.71. The molecule has 1 aliphatic carbocycles. The van der Waals surface area contributed by atoms with E-state index in [4.69, 9.17) is 4.84 Å². The van der Waals surface area contributed by atoms with Gasteiger partial charge in [-0.1, -0.05) is 6.42 Å². The van der Waals surface area contributed by atoms with Gasteiger partial charge in [-0.25, -0.2) is 5.48 Å². The van der Waals surface area contributed by atoms with E-state index in [2.05, 4.69) is 5.48 Å². The molecule has 0 radical (unpaired) electrons. The monoisotopic (exact) mass is 113 g/mol. The molecule has 2 atom stereocenters. The molecule has 1 saturated carbocycles. The van der Waals surface area contributed by atoms with E-state index in [0.29, 0.717) is 6.10 Å². The molecule has 2 rings (SSSR count). The molecule has 46 valence electrons. The number of hydroxylamine groups is 1. The van der Waals surface area contributed by atoms with Crippen molar-refractivity contribution in [1.29, 1.82) is 0 Å². The Morgan fingerprint density at radius 3 is 3.25 bits per heavy atom. The van der Waals surface area contributed by atoms with Gasteiger partial charge in [-0.3, -0.25) is 4.84 Å². The van der Waals surface area contributed by atoms with E-state index in [1.807, 2.05) is 0 Å². The molecule has 1 aliphatic heterocycles. The first-order chi connectivity index (χ1) is 3.97. The van der Waals surface area contributed by atoms with Crippen LogP contribution in [-0.4, -0.2) is 12.6 Å². The van der Waals surface area contributed by atoms with Gasteiger partial charge in [0.05, 0.1) is 6.10 Å². The van der Waals surface area contributed by atoms with E-state index in [1.165, 1.54) is 19.3 Å². The first-order valence-electron chi connectivity index (χ1n) is 3.35. The molecule has 2 aliphatic rings. The first-order valence-corrected chi connectivity index (χ1v) is 3.35. The SMILES string of the molecule is C1C[C@@H]2CNO[C@H]2C1. The molecular formula is C6H11NO. The highest BCUT2D eigenvalue weighted by Crippen LogP contribution is 2.30. The maximum Gasteiger partial charge on any atom is 0.0831 e. The van der Waals surface area contributed by atoms with Gasteiger partial charge < -0.3 is 0 Å². The van der Waals surface area contributed by atoms with Crippen LogP contribution in [0.1, 0.15) is 19.3 Å². The zero-order valence-corrected chi connectivity index (χ0v) is 4.89. The van der Waals surface area contributed by atoms with Crippen LogP contribution < -0.4 is 5.48 Å². The van der Waals surface area contributed by atoms with Crippen molar-refractivity contribution < 1.29 is 4.84 Å². The van der Waals surface area contributed by atoms with Gasteiger partial charge in [0.2, 0.25) is 0 Å². The summed E-state index contributed by atoms with van der Waals surface area (Å²) in [6, 6.07) is 0. The molecule has 0 spiro atoms. The van der Waals surface area contributed by atoms with Crippen LogP contribution in [0.3, 0.4) is 0 Å². The topological polar surface area (TPSA) is 21.3 Å². The normalized spacial score (nSPS) is 45.0. The minimum absolute atomic E-state index is 0.565. The van der Waals surface area contributed by atoms with Gasteiger partial charge in [0.25, 0.3) is 0 Å². The second-order valence-corrected chi connectivity index (χ2v) is 2.70. The molecule has 2 nitrogen and oxygen atoms in total. The molecule has 0 bridgehead atoms. The van der Waals surface area contributed by atoms with Gasteiger partial charge in [-0.2, -0.15) is 0 Å². The van der Waals surface area contributed by atoms with E-state index >= 15 is 0 Å². The van der Waals surface area contributed by atoms with E-state index < -0.39 is 0 Å². The largest absolute Gasteiger partial charge is 0.298 e. The average molecular weight is 113 g/mol. The Morgan fingerprint density at radius 2 is 2.38 bits per heavy atom. The van der Waals surface area contributed by atoms with E-state index in [-0.39, 0.29) is 0 Å². The molecule has 2 fully saturated rings. The molecule has 1 N–H and O–H groups in total. The standard InChI is InChI=1S/C6H11NO/c1-2-5-4-7-8-6(5)3-1/h5-7H,1-4H2/t5-,6+/m1/s1. The Kier molecular flexibility index (Phi) is 1.02. The maximum atomic E-state index is 5.23. The number of hydrogen-bond donors (Lipinski definition) is 1. The van der Waals surface area contributed by atoms with Crippen molar-refractivity contribution in [2.45, 2.75) is 25.4 Å². The van der Waals surface area contributed by atoms with Gasteiger partial charge in [0.1, 0.15) is 0 Å². The van der Waals surface area contributed by atoms with E-state index in [9.17, 15) is 0 Å². The quantitative estimate of drug-likeness (QED) is 0.499. The molecule has 0 amide bonds. The fraction of sp³-hybridized carbons (Fsp3) is 1.00. The third kappa shape index (κ3) is 0.565. The van der Waals surface area contributed by atoms with Crippen molar-refractivity contribution in [3.63, 3.8) is 0 Å². The second-order valence-electron chi connectivity index (χ2n) is 2.70. The van der Waals surface area contributed by atoms with Crippen LogP contribution in [0.5, 0.6) is 0 Å². The lowest BCUT2D eigenvalue weighted by Gasteiger charge is -2.01. The molecule has 0 aromatic carbocycles. The minimum Gasteiger partial charge on any atom is -0.298 e. The van der Waals surface area contributed by atoms with Crippen molar-refractivity contribution in [1.82, 2.24) is 5.48 Å². The highest BCUT2D eigenvalue weighted by Gasteiger charge is 2.32. The molecule has 0 aromatic rings. The van der Waals surface area contributed by atoms with Crippen molar-refractivity contribution in [2.75, 3.05) is 6.54 Å². The summed E-state index contributed by atoms with van der Waals surface area (Å²) in [6.07, 6.45) is 4.58. The van der Waals surface area contributed by atoms with Gasteiger partial charge in [0.15, 0.2) is 0 Å². The number of rotatable bonds is 0. The molecular weight excluding hydrogens is 102 g/mol. The summed E-state index contributed by atoms with van der Waals surface area (Å²) in [5, 5.41) is 0. The van der Waals surface area contributed by atoms with Crippen LogP contribution in [0, 0.1) is 5.92 Å². The Balaban J connectivity index is 2.04. The van der Waals surface area contributed by atoms with Crippen LogP contribution in [0.2, 0.25) is 0 Å². The summed E-state index contributed by atoms with van der Waals surface area (Å²) in [5.74, 6) is 0.843. The van der Waals surface area contributed by atoms with Crippen LogP contribution >= 0.6 is 0 Å². The highest BCUT2D eigenvalue weighted by molar-refractivity contribution is 4.81. The highest BCUT2D eigenvalue weighted by atomic mass is 16.7. The molecule has 2 heteroatoms. The zero-order chi connectivity index (χ0) is 5.40. The smallest absolute Gasteiger partial charge is 0.0831 e. The van der Waals surface area contributed by atoms with Crippen molar-refractivity contribution in [3.05, 3.63) is 0 Å². The molecule has 0 unspecified atom stereocenters. The summed E-state index contributed by atoms with van der Waals surface area (Å²) in [7, 11) is 0. The summed E-state index contributed by atoms with van der Waals surface area (Å²) >= 11 is 0. The summed E-state index contributed by atoms with van der Waals surface area (Å²) in [5.41, 5.74) is 2.92. The lowest BCUT2D eigenvalue weighted by Crippen LogP contribution is -2.08. The zero-order valence-electron chi connectivity index (χ0n) is 4.89. The Bertz CT molecular complexity index is 74.5. The predicted molar refractivity (Wildman–Crippen MR) is 30.2 cm³/mol. The molecule has 8 heavy (non-hydrogen) atoms. The molecule has 0 aromatic heterocycles. The molecule has 1 saturated heterocycles. The fourth-order valence-electron chi connectivity index (χ4n) is 1.65. The summed E-state index contributed by atoms with van der Waals surface area (Å²) in [4.78, 5) is 5.23. The third-order valence-corrected chi connectivity index (χ3v) is 2.17. The third-order valence-electron chi connectivity index (χ3n) is 2.17. The minimum atomic E-state index is 0.565. The van der Waals surface area contributed by atoms with Crippen LogP contribution in [0.4, 0.5) is 0 Å². The van der Waals surface area contributed by atoms with Crippen molar-refractivity contribution in [2.24, 2.45) is 5.92 Å². The van der Waals surface area contributed by atoms with Crippen molar-refractivity contribution >= 4 is 0 Å². The van der Waals surface area contributed by atoms with Gasteiger partial charge in [0, 0.05) is 12.5 Å². The van der Waals surface area contributed by atoms with Gasteiger partial charge in [-0.05, 0) is 12.8 Å². The van der Waals surface area contributed by atoms with Crippen LogP contribution in [0.25, 0.3) is 0 Å².